The quantitative estimate of drug-likeness (QED) is 0.654. The lowest BCUT2D eigenvalue weighted by molar-refractivity contribution is -0.129. The molecule has 0 aliphatic carbocycles. The number of ether oxygens (including phenoxy) is 1. The molecule has 2 N–H and O–H groups in total. The molecule has 2 heterocycles. The minimum absolute atomic E-state index is 0.0481. The maximum Gasteiger partial charge on any atom is 0.249 e. The minimum atomic E-state index is -0.202. The molecule has 0 aromatic rings. The Labute approximate surface area is 90.1 Å². The largest absolute Gasteiger partial charge is 0.368 e. The summed E-state index contributed by atoms with van der Waals surface area (Å²) in [5.74, 6) is 0.0481. The van der Waals surface area contributed by atoms with Crippen molar-refractivity contribution < 1.29 is 9.53 Å². The number of amides is 1. The molecule has 0 bridgehead atoms. The topological polar surface area (TPSA) is 50.4 Å². The van der Waals surface area contributed by atoms with Gasteiger partial charge in [0.15, 0.2) is 0 Å². The Morgan fingerprint density at radius 3 is 3.27 bits per heavy atom. The molecule has 1 fully saturated rings. The van der Waals surface area contributed by atoms with E-state index in [1.54, 1.807) is 0 Å². The van der Waals surface area contributed by atoms with Crippen molar-refractivity contribution in [1.82, 2.24) is 10.6 Å². The molecule has 1 saturated heterocycles. The second-order valence-corrected chi connectivity index (χ2v) is 4.04. The Morgan fingerprint density at radius 1 is 1.67 bits per heavy atom. The summed E-state index contributed by atoms with van der Waals surface area (Å²) in [7, 11) is 0. The first kappa shape index (κ1) is 10.6. The van der Waals surface area contributed by atoms with E-state index in [0.717, 1.165) is 39.0 Å². The summed E-state index contributed by atoms with van der Waals surface area (Å²) in [4.78, 5) is 11.6. The average molecular weight is 210 g/mol. The highest BCUT2D eigenvalue weighted by Gasteiger charge is 2.23. The molecule has 4 nitrogen and oxygen atoms in total. The van der Waals surface area contributed by atoms with Gasteiger partial charge in [-0.3, -0.25) is 4.79 Å². The summed E-state index contributed by atoms with van der Waals surface area (Å²) in [6, 6.07) is 0. The predicted molar refractivity (Wildman–Crippen MR) is 57.6 cm³/mol. The van der Waals surface area contributed by atoms with Crippen molar-refractivity contribution in [2.45, 2.75) is 25.4 Å². The zero-order chi connectivity index (χ0) is 10.5. The number of carbonyl (C=O) groups is 1. The van der Waals surface area contributed by atoms with E-state index in [1.807, 2.05) is 0 Å². The van der Waals surface area contributed by atoms with Crippen LogP contribution in [0.2, 0.25) is 0 Å². The summed E-state index contributed by atoms with van der Waals surface area (Å²) < 4.78 is 5.31. The SMILES string of the molecule is O=C(NCC1=CCNCC1)C1CCCO1. The predicted octanol–water partition coefficient (Wildman–Crippen LogP) is 0.201. The fourth-order valence-corrected chi connectivity index (χ4v) is 1.93. The van der Waals surface area contributed by atoms with Crippen LogP contribution in [0.5, 0.6) is 0 Å². The van der Waals surface area contributed by atoms with Gasteiger partial charge in [-0.05, 0) is 25.8 Å². The van der Waals surface area contributed by atoms with E-state index < -0.39 is 0 Å². The van der Waals surface area contributed by atoms with Crippen LogP contribution < -0.4 is 10.6 Å². The van der Waals surface area contributed by atoms with Crippen LogP contribution in [0.1, 0.15) is 19.3 Å². The van der Waals surface area contributed by atoms with E-state index in [2.05, 4.69) is 16.7 Å². The van der Waals surface area contributed by atoms with Gasteiger partial charge in [-0.1, -0.05) is 11.6 Å². The Morgan fingerprint density at radius 2 is 2.60 bits per heavy atom. The van der Waals surface area contributed by atoms with E-state index in [-0.39, 0.29) is 12.0 Å². The molecule has 0 spiro atoms. The molecular weight excluding hydrogens is 192 g/mol. The van der Waals surface area contributed by atoms with Gasteiger partial charge < -0.3 is 15.4 Å². The third kappa shape index (κ3) is 3.04. The van der Waals surface area contributed by atoms with Gasteiger partial charge in [0.2, 0.25) is 5.91 Å². The van der Waals surface area contributed by atoms with Crippen LogP contribution in [0.3, 0.4) is 0 Å². The number of hydrogen-bond acceptors (Lipinski definition) is 3. The summed E-state index contributed by atoms with van der Waals surface area (Å²) >= 11 is 0. The number of hydrogen-bond donors (Lipinski definition) is 2. The van der Waals surface area contributed by atoms with Crippen molar-refractivity contribution in [3.8, 4) is 0 Å². The second kappa shape index (κ2) is 5.28. The van der Waals surface area contributed by atoms with E-state index >= 15 is 0 Å². The number of nitrogens with one attached hydrogen (secondary N) is 2. The molecule has 1 atom stereocenters. The Kier molecular flexibility index (Phi) is 3.75. The third-order valence-electron chi connectivity index (χ3n) is 2.87. The van der Waals surface area contributed by atoms with Gasteiger partial charge in [0.05, 0.1) is 0 Å². The molecule has 15 heavy (non-hydrogen) atoms. The fourth-order valence-electron chi connectivity index (χ4n) is 1.93. The molecule has 2 rings (SSSR count). The summed E-state index contributed by atoms with van der Waals surface area (Å²) in [6.45, 7) is 3.35. The molecule has 4 heteroatoms. The highest BCUT2D eigenvalue weighted by Crippen LogP contribution is 2.12. The van der Waals surface area contributed by atoms with Crippen molar-refractivity contribution in [2.24, 2.45) is 0 Å². The molecule has 0 aromatic heterocycles. The molecule has 84 valence electrons. The third-order valence-corrected chi connectivity index (χ3v) is 2.87. The van der Waals surface area contributed by atoms with Crippen LogP contribution in [0, 0.1) is 0 Å². The van der Waals surface area contributed by atoms with Crippen LogP contribution in [0.4, 0.5) is 0 Å². The first-order valence-corrected chi connectivity index (χ1v) is 5.64. The molecule has 1 unspecified atom stereocenters. The molecule has 1 amide bonds. The molecule has 0 aromatic carbocycles. The van der Waals surface area contributed by atoms with Gasteiger partial charge in [-0.25, -0.2) is 0 Å². The lowest BCUT2D eigenvalue weighted by Crippen LogP contribution is -2.36. The smallest absolute Gasteiger partial charge is 0.249 e. The molecular formula is C11H18N2O2. The maximum atomic E-state index is 11.6. The van der Waals surface area contributed by atoms with Crippen LogP contribution in [0.15, 0.2) is 11.6 Å². The molecule has 0 saturated carbocycles. The van der Waals surface area contributed by atoms with E-state index in [1.165, 1.54) is 5.57 Å². The summed E-state index contributed by atoms with van der Waals surface area (Å²) in [5.41, 5.74) is 1.32. The number of carbonyl (C=O) groups excluding carboxylic acids is 1. The first-order chi connectivity index (χ1) is 7.36. The fraction of sp³-hybridized carbons (Fsp3) is 0.727. The van der Waals surface area contributed by atoms with Gasteiger partial charge in [-0.15, -0.1) is 0 Å². The van der Waals surface area contributed by atoms with Crippen molar-refractivity contribution in [1.29, 1.82) is 0 Å². The van der Waals surface area contributed by atoms with Crippen molar-refractivity contribution in [2.75, 3.05) is 26.2 Å². The van der Waals surface area contributed by atoms with E-state index in [0.29, 0.717) is 6.54 Å². The zero-order valence-electron chi connectivity index (χ0n) is 8.92. The minimum Gasteiger partial charge on any atom is -0.368 e. The average Bonchev–Trinajstić information content (AvgIpc) is 2.81. The first-order valence-electron chi connectivity index (χ1n) is 5.64. The van der Waals surface area contributed by atoms with Crippen LogP contribution in [-0.2, 0) is 9.53 Å². The molecule has 0 radical (unpaired) electrons. The molecule has 2 aliphatic rings. The summed E-state index contributed by atoms with van der Waals surface area (Å²) in [6.07, 6.45) is 4.86. The second-order valence-electron chi connectivity index (χ2n) is 4.04. The maximum absolute atomic E-state index is 11.6. The lowest BCUT2D eigenvalue weighted by Gasteiger charge is -2.16. The van der Waals surface area contributed by atoms with Crippen LogP contribution >= 0.6 is 0 Å². The van der Waals surface area contributed by atoms with Crippen LogP contribution in [-0.4, -0.2) is 38.3 Å². The monoisotopic (exact) mass is 210 g/mol. The van der Waals surface area contributed by atoms with Crippen molar-refractivity contribution >= 4 is 5.91 Å². The van der Waals surface area contributed by atoms with Gasteiger partial charge >= 0.3 is 0 Å². The normalized spacial score (nSPS) is 26.1. The highest BCUT2D eigenvalue weighted by molar-refractivity contribution is 5.81. The van der Waals surface area contributed by atoms with Gasteiger partial charge in [0.1, 0.15) is 6.10 Å². The molecule has 2 aliphatic heterocycles. The Bertz CT molecular complexity index is 257. The van der Waals surface area contributed by atoms with Crippen molar-refractivity contribution in [3.05, 3.63) is 11.6 Å². The van der Waals surface area contributed by atoms with E-state index in [9.17, 15) is 4.79 Å². The van der Waals surface area contributed by atoms with Gasteiger partial charge in [-0.2, -0.15) is 0 Å². The lowest BCUT2D eigenvalue weighted by atomic mass is 10.1. The standard InChI is InChI=1S/C11H18N2O2/c14-11(10-2-1-7-15-10)13-8-9-3-5-12-6-4-9/h3,10,12H,1-2,4-8H2,(H,13,14). The van der Waals surface area contributed by atoms with Crippen LogP contribution in [0.25, 0.3) is 0 Å². The van der Waals surface area contributed by atoms with Gasteiger partial charge in [0.25, 0.3) is 0 Å². The van der Waals surface area contributed by atoms with Gasteiger partial charge in [0, 0.05) is 19.7 Å². The zero-order valence-corrected chi connectivity index (χ0v) is 8.92. The highest BCUT2D eigenvalue weighted by atomic mass is 16.5. The Balaban J connectivity index is 1.72. The van der Waals surface area contributed by atoms with Crippen molar-refractivity contribution in [3.63, 3.8) is 0 Å². The number of rotatable bonds is 3. The van der Waals surface area contributed by atoms with E-state index in [4.69, 9.17) is 4.74 Å². The summed E-state index contributed by atoms with van der Waals surface area (Å²) in [5, 5.41) is 6.18. The Hall–Kier alpha value is -0.870.